The van der Waals surface area contributed by atoms with Gasteiger partial charge in [0, 0.05) is 35.7 Å². The first-order chi connectivity index (χ1) is 14.3. The Morgan fingerprint density at radius 2 is 1.67 bits per heavy atom. The van der Waals surface area contributed by atoms with Crippen molar-refractivity contribution >= 4 is 29.1 Å². The Labute approximate surface area is 186 Å². The Morgan fingerprint density at radius 1 is 1.07 bits per heavy atom. The fourth-order valence-corrected chi connectivity index (χ4v) is 5.17. The SMILES string of the molecule is CC(C)(C)N(C(=O)O)c1ccc(Cl)cc1NC1CCN(C2CCCCCCC2)CC1. The van der Waals surface area contributed by atoms with Gasteiger partial charge in [-0.2, -0.15) is 0 Å². The molecule has 2 fully saturated rings. The second kappa shape index (κ2) is 10.2. The lowest BCUT2D eigenvalue weighted by Gasteiger charge is -2.40. The van der Waals surface area contributed by atoms with Gasteiger partial charge in [0.2, 0.25) is 0 Å². The van der Waals surface area contributed by atoms with Gasteiger partial charge in [0.05, 0.1) is 11.4 Å². The number of halogens is 1. The lowest BCUT2D eigenvalue weighted by atomic mass is 9.93. The quantitative estimate of drug-likeness (QED) is 0.558. The fourth-order valence-electron chi connectivity index (χ4n) is 5.00. The van der Waals surface area contributed by atoms with Crippen molar-refractivity contribution in [3.05, 3.63) is 23.2 Å². The van der Waals surface area contributed by atoms with Crippen molar-refractivity contribution in [3.63, 3.8) is 0 Å². The lowest BCUT2D eigenvalue weighted by molar-refractivity contribution is 0.133. The minimum absolute atomic E-state index is 0.336. The summed E-state index contributed by atoms with van der Waals surface area (Å²) in [7, 11) is 0. The third-order valence-corrected chi connectivity index (χ3v) is 6.78. The van der Waals surface area contributed by atoms with Crippen molar-refractivity contribution in [1.29, 1.82) is 0 Å². The minimum Gasteiger partial charge on any atom is -0.465 e. The third kappa shape index (κ3) is 6.04. The van der Waals surface area contributed by atoms with Gasteiger partial charge in [0.15, 0.2) is 0 Å². The number of hydrogen-bond donors (Lipinski definition) is 2. The van der Waals surface area contributed by atoms with Crippen LogP contribution >= 0.6 is 11.6 Å². The van der Waals surface area contributed by atoms with Gasteiger partial charge in [0.1, 0.15) is 0 Å². The minimum atomic E-state index is -0.952. The Kier molecular flexibility index (Phi) is 7.92. The number of anilines is 2. The second-order valence-electron chi connectivity index (χ2n) is 9.90. The molecule has 0 bridgehead atoms. The molecule has 1 aromatic carbocycles. The number of likely N-dealkylation sites (tertiary alicyclic amines) is 1. The molecule has 1 saturated heterocycles. The van der Waals surface area contributed by atoms with Crippen molar-refractivity contribution in [2.24, 2.45) is 0 Å². The predicted molar refractivity (Wildman–Crippen MR) is 126 cm³/mol. The van der Waals surface area contributed by atoms with Gasteiger partial charge in [-0.1, -0.05) is 43.7 Å². The Morgan fingerprint density at radius 3 is 2.23 bits per heavy atom. The monoisotopic (exact) mass is 435 g/mol. The van der Waals surface area contributed by atoms with Gasteiger partial charge in [-0.05, 0) is 64.7 Å². The van der Waals surface area contributed by atoms with E-state index in [1.807, 2.05) is 32.9 Å². The molecule has 0 radical (unpaired) electrons. The van der Waals surface area contributed by atoms with Crippen molar-refractivity contribution < 1.29 is 9.90 Å². The van der Waals surface area contributed by atoms with Crippen LogP contribution in [0.1, 0.15) is 78.6 Å². The molecule has 2 aliphatic rings. The molecule has 1 amide bonds. The van der Waals surface area contributed by atoms with Gasteiger partial charge in [-0.15, -0.1) is 0 Å². The Bertz CT molecular complexity index is 703. The number of hydrogen-bond acceptors (Lipinski definition) is 3. The summed E-state index contributed by atoms with van der Waals surface area (Å²) in [6, 6.07) is 6.52. The summed E-state index contributed by atoms with van der Waals surface area (Å²) in [5.74, 6) is 0. The first-order valence-corrected chi connectivity index (χ1v) is 12.0. The molecule has 5 nitrogen and oxygen atoms in total. The highest BCUT2D eigenvalue weighted by Crippen LogP contribution is 2.35. The lowest BCUT2D eigenvalue weighted by Crippen LogP contribution is -2.46. The predicted octanol–water partition coefficient (Wildman–Crippen LogP) is 6.61. The zero-order chi connectivity index (χ0) is 21.7. The van der Waals surface area contributed by atoms with Crippen LogP contribution in [0.5, 0.6) is 0 Å². The molecule has 30 heavy (non-hydrogen) atoms. The van der Waals surface area contributed by atoms with Gasteiger partial charge in [-0.25, -0.2) is 4.79 Å². The number of rotatable bonds is 4. The Hall–Kier alpha value is -1.46. The topological polar surface area (TPSA) is 55.8 Å². The van der Waals surface area contributed by atoms with E-state index in [-0.39, 0.29) is 0 Å². The highest BCUT2D eigenvalue weighted by Gasteiger charge is 2.31. The smallest absolute Gasteiger partial charge is 0.412 e. The van der Waals surface area contributed by atoms with Crippen LogP contribution in [0.4, 0.5) is 16.2 Å². The Balaban J connectivity index is 1.67. The highest BCUT2D eigenvalue weighted by atomic mass is 35.5. The van der Waals surface area contributed by atoms with Crippen LogP contribution in [-0.2, 0) is 0 Å². The van der Waals surface area contributed by atoms with Crippen molar-refractivity contribution in [2.75, 3.05) is 23.3 Å². The van der Waals surface area contributed by atoms with Gasteiger partial charge in [0.25, 0.3) is 0 Å². The summed E-state index contributed by atoms with van der Waals surface area (Å²) in [4.78, 5) is 16.1. The summed E-state index contributed by atoms with van der Waals surface area (Å²) in [5.41, 5.74) is 0.934. The maximum Gasteiger partial charge on any atom is 0.412 e. The van der Waals surface area contributed by atoms with E-state index in [0.29, 0.717) is 16.8 Å². The average Bonchev–Trinajstić information content (AvgIpc) is 2.63. The number of benzene rings is 1. The summed E-state index contributed by atoms with van der Waals surface area (Å²) in [6.07, 6.45) is 10.8. The molecule has 1 aliphatic carbocycles. The number of nitrogens with one attached hydrogen (secondary N) is 1. The summed E-state index contributed by atoms with van der Waals surface area (Å²) < 4.78 is 0. The molecule has 1 saturated carbocycles. The number of carboxylic acid groups (broad SMARTS) is 1. The van der Waals surface area contributed by atoms with Gasteiger partial charge >= 0.3 is 6.09 Å². The van der Waals surface area contributed by atoms with Crippen LogP contribution in [-0.4, -0.2) is 46.8 Å². The van der Waals surface area contributed by atoms with Crippen LogP contribution in [0.2, 0.25) is 5.02 Å². The molecule has 0 unspecified atom stereocenters. The number of amides is 1. The fraction of sp³-hybridized carbons (Fsp3) is 0.708. The zero-order valence-corrected chi connectivity index (χ0v) is 19.5. The third-order valence-electron chi connectivity index (χ3n) is 6.54. The molecule has 6 heteroatoms. The second-order valence-corrected chi connectivity index (χ2v) is 10.3. The highest BCUT2D eigenvalue weighted by molar-refractivity contribution is 6.31. The van der Waals surface area contributed by atoms with E-state index in [1.165, 1.54) is 49.8 Å². The first kappa shape index (κ1) is 23.2. The molecule has 0 spiro atoms. The molecular formula is C24H38ClN3O2. The van der Waals surface area contributed by atoms with E-state index in [0.717, 1.165) is 37.7 Å². The van der Waals surface area contributed by atoms with Crippen molar-refractivity contribution in [1.82, 2.24) is 4.90 Å². The van der Waals surface area contributed by atoms with Crippen LogP contribution in [0, 0.1) is 0 Å². The molecule has 3 rings (SSSR count). The number of nitrogens with zero attached hydrogens (tertiary/aromatic N) is 2. The average molecular weight is 436 g/mol. The standard InChI is InChI=1S/C24H38ClN3O2/c1-24(2,3)28(23(29)30)22-12-11-18(25)17-21(22)26-19-13-15-27(16-14-19)20-9-7-5-4-6-8-10-20/h11-12,17,19-20,26H,4-10,13-16H2,1-3H3,(H,29,30). The first-order valence-electron chi connectivity index (χ1n) is 11.6. The maximum atomic E-state index is 12.0. The molecule has 168 valence electrons. The maximum absolute atomic E-state index is 12.0. The molecule has 0 atom stereocenters. The normalized spacial score (nSPS) is 20.4. The van der Waals surface area contributed by atoms with Crippen LogP contribution in [0.3, 0.4) is 0 Å². The van der Waals surface area contributed by atoms with Gasteiger partial charge in [-0.3, -0.25) is 4.90 Å². The summed E-state index contributed by atoms with van der Waals surface area (Å²) in [5, 5.41) is 14.1. The van der Waals surface area contributed by atoms with Gasteiger partial charge < -0.3 is 15.3 Å². The number of piperidine rings is 1. The van der Waals surface area contributed by atoms with Crippen molar-refractivity contribution in [3.8, 4) is 0 Å². The summed E-state index contributed by atoms with van der Waals surface area (Å²) >= 11 is 6.27. The molecule has 1 aliphatic heterocycles. The van der Waals surface area contributed by atoms with E-state index in [2.05, 4.69) is 10.2 Å². The van der Waals surface area contributed by atoms with E-state index >= 15 is 0 Å². The van der Waals surface area contributed by atoms with Crippen LogP contribution in [0.15, 0.2) is 18.2 Å². The summed E-state index contributed by atoms with van der Waals surface area (Å²) in [6.45, 7) is 7.95. The van der Waals surface area contributed by atoms with Crippen molar-refractivity contribution in [2.45, 2.75) is 96.2 Å². The van der Waals surface area contributed by atoms with Crippen LogP contribution < -0.4 is 10.2 Å². The van der Waals surface area contributed by atoms with E-state index in [1.54, 1.807) is 6.07 Å². The van der Waals surface area contributed by atoms with E-state index < -0.39 is 11.6 Å². The molecule has 0 aromatic heterocycles. The van der Waals surface area contributed by atoms with E-state index in [9.17, 15) is 9.90 Å². The van der Waals surface area contributed by atoms with E-state index in [4.69, 9.17) is 11.6 Å². The van der Waals surface area contributed by atoms with Crippen LogP contribution in [0.25, 0.3) is 0 Å². The number of carbonyl (C=O) groups is 1. The largest absolute Gasteiger partial charge is 0.465 e. The zero-order valence-electron chi connectivity index (χ0n) is 18.8. The molecule has 1 aromatic rings. The molecule has 2 N–H and O–H groups in total. The molecule has 1 heterocycles. The molecular weight excluding hydrogens is 398 g/mol.